The average Bonchev–Trinajstić information content (AvgIpc) is 3.25. The normalized spacial score (nSPS) is 22.4. The first kappa shape index (κ1) is 19.6. The fraction of sp³-hybridized carbons (Fsp3) is 0.455. The minimum atomic E-state index is -0.238. The highest BCUT2D eigenvalue weighted by molar-refractivity contribution is 8.19. The third-order valence-electron chi connectivity index (χ3n) is 5.83. The Hall–Kier alpha value is -1.66. The van der Waals surface area contributed by atoms with E-state index in [1.165, 1.54) is 6.42 Å². The molecule has 6 heteroatoms. The largest absolute Gasteiger partial charge is 0.361 e. The van der Waals surface area contributed by atoms with Crippen molar-refractivity contribution in [3.05, 3.63) is 48.7 Å². The lowest BCUT2D eigenvalue weighted by atomic mass is 9.90. The maximum Gasteiger partial charge on any atom is 0.224 e. The Morgan fingerprint density at radius 1 is 1.36 bits per heavy atom. The lowest BCUT2D eigenvalue weighted by Crippen LogP contribution is -2.33. The van der Waals surface area contributed by atoms with Crippen LogP contribution in [0, 0.1) is 11.8 Å². The number of amides is 1. The number of carbonyl (C=O) groups is 2. The molecule has 0 bridgehead atoms. The van der Waals surface area contributed by atoms with Gasteiger partial charge in [-0.3, -0.25) is 9.59 Å². The number of benzene rings is 1. The van der Waals surface area contributed by atoms with Crippen molar-refractivity contribution in [3.8, 4) is 0 Å². The standard InChI is InChI=1S/C22H26N2O2S2/c1-2-15(16-10-20(25)22(12-16)27-8-5-9-28-22)13-24-21(26)11-17-14-23-19-7-4-3-6-18(17)19/h2-4,6-7,14-16,23H,1,5,8-13H2,(H,24,26)/t15-,16-/m0/s1. The summed E-state index contributed by atoms with van der Waals surface area (Å²) in [5.74, 6) is 2.95. The molecule has 0 radical (unpaired) electrons. The number of ketones is 1. The van der Waals surface area contributed by atoms with Crippen LogP contribution in [0.4, 0.5) is 0 Å². The molecular weight excluding hydrogens is 388 g/mol. The Balaban J connectivity index is 1.34. The van der Waals surface area contributed by atoms with E-state index in [1.807, 2.05) is 60.1 Å². The molecule has 4 rings (SSSR count). The molecule has 1 spiro atoms. The summed E-state index contributed by atoms with van der Waals surface area (Å²) in [5.41, 5.74) is 2.06. The second-order valence-electron chi connectivity index (χ2n) is 7.63. The molecule has 2 fully saturated rings. The van der Waals surface area contributed by atoms with Crippen molar-refractivity contribution in [3.63, 3.8) is 0 Å². The number of carbonyl (C=O) groups excluding carboxylic acids is 2. The number of nitrogens with one attached hydrogen (secondary N) is 2. The molecule has 0 unspecified atom stereocenters. The molecule has 4 nitrogen and oxygen atoms in total. The van der Waals surface area contributed by atoms with Gasteiger partial charge in [-0.2, -0.15) is 0 Å². The lowest BCUT2D eigenvalue weighted by Gasteiger charge is -2.31. The zero-order valence-corrected chi connectivity index (χ0v) is 17.5. The molecule has 28 heavy (non-hydrogen) atoms. The van der Waals surface area contributed by atoms with Gasteiger partial charge in [0.2, 0.25) is 5.91 Å². The zero-order chi connectivity index (χ0) is 19.6. The number of aromatic nitrogens is 1. The van der Waals surface area contributed by atoms with Gasteiger partial charge in [0.25, 0.3) is 0 Å². The van der Waals surface area contributed by atoms with Crippen molar-refractivity contribution in [2.75, 3.05) is 18.1 Å². The van der Waals surface area contributed by atoms with Crippen LogP contribution >= 0.6 is 23.5 Å². The molecule has 2 N–H and O–H groups in total. The third-order valence-corrected chi connectivity index (χ3v) is 9.25. The van der Waals surface area contributed by atoms with Gasteiger partial charge in [-0.1, -0.05) is 24.3 Å². The summed E-state index contributed by atoms with van der Waals surface area (Å²) in [7, 11) is 0. The molecule has 2 aromatic rings. The first-order valence-electron chi connectivity index (χ1n) is 9.87. The summed E-state index contributed by atoms with van der Waals surface area (Å²) < 4.78 is -0.238. The van der Waals surface area contributed by atoms with Gasteiger partial charge in [-0.05, 0) is 47.8 Å². The quantitative estimate of drug-likeness (QED) is 0.697. The Kier molecular flexibility index (Phi) is 5.88. The lowest BCUT2D eigenvalue weighted by molar-refractivity contribution is -0.120. The van der Waals surface area contributed by atoms with Crippen molar-refractivity contribution in [2.45, 2.75) is 29.8 Å². The van der Waals surface area contributed by atoms with Gasteiger partial charge >= 0.3 is 0 Å². The van der Waals surface area contributed by atoms with E-state index < -0.39 is 0 Å². The first-order chi connectivity index (χ1) is 13.6. The average molecular weight is 415 g/mol. The van der Waals surface area contributed by atoms with E-state index in [1.54, 1.807) is 0 Å². The molecule has 2 atom stereocenters. The highest BCUT2D eigenvalue weighted by Crippen LogP contribution is 2.54. The Morgan fingerprint density at radius 3 is 2.93 bits per heavy atom. The second kappa shape index (κ2) is 8.37. The molecular formula is C22H26N2O2S2. The van der Waals surface area contributed by atoms with Gasteiger partial charge in [0.05, 0.1) is 6.42 Å². The number of hydrogen-bond donors (Lipinski definition) is 2. The number of aromatic amines is 1. The van der Waals surface area contributed by atoms with Crippen LogP contribution in [-0.4, -0.2) is 38.8 Å². The van der Waals surface area contributed by atoms with E-state index in [2.05, 4.69) is 16.9 Å². The van der Waals surface area contributed by atoms with Crippen molar-refractivity contribution in [2.24, 2.45) is 11.8 Å². The molecule has 1 aromatic carbocycles. The topological polar surface area (TPSA) is 62.0 Å². The predicted octanol–water partition coefficient (Wildman–Crippen LogP) is 4.17. The van der Waals surface area contributed by atoms with Crippen LogP contribution in [0.25, 0.3) is 10.9 Å². The van der Waals surface area contributed by atoms with Gasteiger partial charge in [0.15, 0.2) is 5.78 Å². The first-order valence-corrected chi connectivity index (χ1v) is 11.8. The van der Waals surface area contributed by atoms with Crippen molar-refractivity contribution < 1.29 is 9.59 Å². The van der Waals surface area contributed by atoms with Gasteiger partial charge in [0, 0.05) is 30.1 Å². The van der Waals surface area contributed by atoms with E-state index in [4.69, 9.17) is 0 Å². The number of hydrogen-bond acceptors (Lipinski definition) is 4. The third kappa shape index (κ3) is 3.90. The maximum atomic E-state index is 12.7. The maximum absolute atomic E-state index is 12.7. The van der Waals surface area contributed by atoms with Crippen LogP contribution in [0.1, 0.15) is 24.8 Å². The monoisotopic (exact) mass is 414 g/mol. The SMILES string of the molecule is C=C[C@@H](CNC(=O)Cc1c[nH]c2ccccc12)[C@H]1CC(=O)C2(C1)SCCCS2. The van der Waals surface area contributed by atoms with Gasteiger partial charge < -0.3 is 10.3 Å². The number of H-pyrrole nitrogens is 1. The second-order valence-corrected chi connectivity index (χ2v) is 10.7. The molecule has 1 amide bonds. The molecule has 1 aliphatic heterocycles. The molecule has 2 heterocycles. The number of Topliss-reactive ketones (excluding diaryl/α,β-unsaturated/α-hetero) is 1. The Bertz CT molecular complexity index is 886. The minimum absolute atomic E-state index is 0.0112. The van der Waals surface area contributed by atoms with Crippen molar-refractivity contribution >= 4 is 46.1 Å². The van der Waals surface area contributed by atoms with Crippen LogP contribution in [0.2, 0.25) is 0 Å². The molecule has 1 aliphatic carbocycles. The van der Waals surface area contributed by atoms with Crippen molar-refractivity contribution in [1.82, 2.24) is 10.3 Å². The van der Waals surface area contributed by atoms with Crippen LogP contribution < -0.4 is 5.32 Å². The molecule has 2 aliphatic rings. The van der Waals surface area contributed by atoms with Gasteiger partial charge in [-0.25, -0.2) is 0 Å². The predicted molar refractivity (Wildman–Crippen MR) is 119 cm³/mol. The number of rotatable bonds is 6. The van der Waals surface area contributed by atoms with Gasteiger partial charge in [-0.15, -0.1) is 30.1 Å². The fourth-order valence-corrected chi connectivity index (χ4v) is 7.67. The Morgan fingerprint density at radius 2 is 2.14 bits per heavy atom. The van der Waals surface area contributed by atoms with E-state index in [0.29, 0.717) is 25.2 Å². The van der Waals surface area contributed by atoms with E-state index >= 15 is 0 Å². The smallest absolute Gasteiger partial charge is 0.224 e. The number of thioether (sulfide) groups is 2. The summed E-state index contributed by atoms with van der Waals surface area (Å²) >= 11 is 3.66. The van der Waals surface area contributed by atoms with Crippen molar-refractivity contribution in [1.29, 1.82) is 0 Å². The summed E-state index contributed by atoms with van der Waals surface area (Å²) in [4.78, 5) is 28.4. The van der Waals surface area contributed by atoms with Crippen LogP contribution in [0.3, 0.4) is 0 Å². The van der Waals surface area contributed by atoms with E-state index in [9.17, 15) is 9.59 Å². The van der Waals surface area contributed by atoms with Crippen LogP contribution in [-0.2, 0) is 16.0 Å². The molecule has 1 saturated heterocycles. The number of fused-ring (bicyclic) bond motifs is 1. The van der Waals surface area contributed by atoms with E-state index in [0.717, 1.165) is 34.4 Å². The summed E-state index contributed by atoms with van der Waals surface area (Å²) in [6.45, 7) is 4.53. The zero-order valence-electron chi connectivity index (χ0n) is 15.9. The van der Waals surface area contributed by atoms with Crippen LogP contribution in [0.15, 0.2) is 43.1 Å². The summed E-state index contributed by atoms with van der Waals surface area (Å²) in [6.07, 6.45) is 6.87. The number of para-hydroxylation sites is 1. The molecule has 1 aromatic heterocycles. The molecule has 148 valence electrons. The fourth-order valence-electron chi connectivity index (χ4n) is 4.27. The molecule has 1 saturated carbocycles. The summed E-state index contributed by atoms with van der Waals surface area (Å²) in [5, 5.41) is 4.16. The van der Waals surface area contributed by atoms with E-state index in [-0.39, 0.29) is 21.8 Å². The van der Waals surface area contributed by atoms with Crippen LogP contribution in [0.5, 0.6) is 0 Å². The summed E-state index contributed by atoms with van der Waals surface area (Å²) in [6, 6.07) is 8.01. The highest BCUT2D eigenvalue weighted by atomic mass is 32.2. The highest BCUT2D eigenvalue weighted by Gasteiger charge is 2.49. The van der Waals surface area contributed by atoms with Gasteiger partial charge in [0.1, 0.15) is 4.08 Å². The Labute approximate surface area is 174 Å². The minimum Gasteiger partial charge on any atom is -0.361 e.